The van der Waals surface area contributed by atoms with E-state index in [1.807, 2.05) is 6.92 Å². The number of aromatic nitrogens is 2. The molecule has 0 radical (unpaired) electrons. The van der Waals surface area contributed by atoms with Crippen LogP contribution in [0.2, 0.25) is 5.28 Å². The molecule has 21 heavy (non-hydrogen) atoms. The number of halogens is 4. The first kappa shape index (κ1) is 16.3. The summed E-state index contributed by atoms with van der Waals surface area (Å²) >= 11 is 7.18. The van der Waals surface area contributed by atoms with E-state index in [4.69, 9.17) is 16.7 Å². The van der Waals surface area contributed by atoms with Gasteiger partial charge in [-0.2, -0.15) is 18.2 Å². The molecular formula is C12H13ClF3N3OS. The van der Waals surface area contributed by atoms with Gasteiger partial charge in [-0.05, 0) is 24.1 Å². The van der Waals surface area contributed by atoms with Crippen LogP contribution in [0.15, 0.2) is 6.07 Å². The van der Waals surface area contributed by atoms with Gasteiger partial charge in [-0.3, -0.25) is 0 Å². The minimum Gasteiger partial charge on any atom is -0.395 e. The van der Waals surface area contributed by atoms with Gasteiger partial charge in [0.1, 0.15) is 17.2 Å². The smallest absolute Gasteiger partial charge is 0.395 e. The first-order valence-electron chi connectivity index (χ1n) is 6.22. The van der Waals surface area contributed by atoms with Gasteiger partial charge in [0, 0.05) is 11.4 Å². The zero-order chi connectivity index (χ0) is 15.6. The molecule has 9 heteroatoms. The second kappa shape index (κ2) is 6.33. The Morgan fingerprint density at radius 3 is 2.67 bits per heavy atom. The molecule has 0 bridgehead atoms. The number of alkyl halides is 3. The van der Waals surface area contributed by atoms with E-state index in [0.717, 1.165) is 16.2 Å². The van der Waals surface area contributed by atoms with E-state index in [2.05, 4.69) is 9.97 Å². The first-order chi connectivity index (χ1) is 9.84. The quantitative estimate of drug-likeness (QED) is 0.849. The maximum Gasteiger partial charge on any atom is 0.405 e. The molecule has 2 aromatic heterocycles. The molecule has 0 atom stereocenters. The van der Waals surface area contributed by atoms with E-state index >= 15 is 0 Å². The van der Waals surface area contributed by atoms with Crippen LogP contribution in [0.3, 0.4) is 0 Å². The summed E-state index contributed by atoms with van der Waals surface area (Å²) in [6.07, 6.45) is -3.65. The van der Waals surface area contributed by atoms with Gasteiger partial charge in [0.15, 0.2) is 0 Å². The third-order valence-corrected chi connectivity index (χ3v) is 4.13. The van der Waals surface area contributed by atoms with Crippen molar-refractivity contribution in [1.82, 2.24) is 9.97 Å². The van der Waals surface area contributed by atoms with Crippen molar-refractivity contribution in [2.24, 2.45) is 0 Å². The molecular weight excluding hydrogens is 327 g/mol. The van der Waals surface area contributed by atoms with Crippen LogP contribution in [-0.2, 0) is 6.42 Å². The molecule has 0 saturated carbocycles. The van der Waals surface area contributed by atoms with Gasteiger partial charge in [-0.1, -0.05) is 6.92 Å². The van der Waals surface area contributed by atoms with Crippen LogP contribution in [0.25, 0.3) is 10.2 Å². The molecule has 116 valence electrons. The van der Waals surface area contributed by atoms with Crippen LogP contribution in [-0.4, -0.2) is 40.9 Å². The highest BCUT2D eigenvalue weighted by Crippen LogP contribution is 2.33. The predicted molar refractivity (Wildman–Crippen MR) is 77.2 cm³/mol. The van der Waals surface area contributed by atoms with Gasteiger partial charge < -0.3 is 10.0 Å². The Morgan fingerprint density at radius 1 is 1.38 bits per heavy atom. The highest BCUT2D eigenvalue weighted by molar-refractivity contribution is 7.18. The van der Waals surface area contributed by atoms with Gasteiger partial charge in [0.05, 0.1) is 12.0 Å². The lowest BCUT2D eigenvalue weighted by Gasteiger charge is -2.24. The fraction of sp³-hybridized carbons (Fsp3) is 0.500. The standard InChI is InChI=1S/C12H13ClF3N3OS/c1-2-7-5-8-9(17-11(13)18-10(8)21-7)19(3-4-20)6-12(14,15)16/h5,20H,2-4,6H2,1H3. The minimum absolute atomic E-state index is 0.104. The number of rotatable bonds is 5. The summed E-state index contributed by atoms with van der Waals surface area (Å²) in [4.78, 5) is 10.5. The fourth-order valence-electron chi connectivity index (χ4n) is 1.94. The number of aliphatic hydroxyl groups is 1. The lowest BCUT2D eigenvalue weighted by molar-refractivity contribution is -0.119. The third-order valence-electron chi connectivity index (χ3n) is 2.78. The monoisotopic (exact) mass is 339 g/mol. The van der Waals surface area contributed by atoms with Crippen LogP contribution >= 0.6 is 22.9 Å². The maximum atomic E-state index is 12.7. The van der Waals surface area contributed by atoms with E-state index in [1.165, 1.54) is 11.3 Å². The normalized spacial score (nSPS) is 12.1. The van der Waals surface area contributed by atoms with Crippen molar-refractivity contribution in [2.45, 2.75) is 19.5 Å². The van der Waals surface area contributed by atoms with Gasteiger partial charge in [0.2, 0.25) is 5.28 Å². The van der Waals surface area contributed by atoms with E-state index in [9.17, 15) is 13.2 Å². The highest BCUT2D eigenvalue weighted by atomic mass is 35.5. The lowest BCUT2D eigenvalue weighted by atomic mass is 10.3. The molecule has 0 saturated heterocycles. The van der Waals surface area contributed by atoms with Crippen molar-refractivity contribution in [3.05, 3.63) is 16.2 Å². The van der Waals surface area contributed by atoms with Crippen LogP contribution < -0.4 is 4.90 Å². The van der Waals surface area contributed by atoms with Gasteiger partial charge in [0.25, 0.3) is 0 Å². The van der Waals surface area contributed by atoms with Crippen molar-refractivity contribution in [2.75, 3.05) is 24.6 Å². The second-order valence-corrected chi connectivity index (χ2v) is 5.81. The molecule has 0 aromatic carbocycles. The van der Waals surface area contributed by atoms with E-state index in [1.54, 1.807) is 6.07 Å². The Hall–Kier alpha value is -1.12. The molecule has 0 amide bonds. The number of aryl methyl sites for hydroxylation is 1. The van der Waals surface area contributed by atoms with Gasteiger partial charge in [-0.25, -0.2) is 4.98 Å². The minimum atomic E-state index is -4.40. The molecule has 0 fully saturated rings. The predicted octanol–water partition coefficient (Wildman–Crippen LogP) is 3.27. The summed E-state index contributed by atoms with van der Waals surface area (Å²) in [6.45, 7) is 0.150. The van der Waals surface area contributed by atoms with Crippen molar-refractivity contribution < 1.29 is 18.3 Å². The summed E-state index contributed by atoms with van der Waals surface area (Å²) in [5.41, 5.74) is 0. The highest BCUT2D eigenvalue weighted by Gasteiger charge is 2.32. The van der Waals surface area contributed by atoms with Crippen molar-refractivity contribution >= 4 is 39.0 Å². The van der Waals surface area contributed by atoms with E-state index in [-0.39, 0.29) is 17.6 Å². The van der Waals surface area contributed by atoms with Crippen molar-refractivity contribution in [3.8, 4) is 0 Å². The number of hydrogen-bond acceptors (Lipinski definition) is 5. The molecule has 0 aliphatic rings. The Bertz CT molecular complexity index is 632. The van der Waals surface area contributed by atoms with Crippen molar-refractivity contribution in [1.29, 1.82) is 0 Å². The molecule has 2 rings (SSSR count). The average molecular weight is 340 g/mol. The molecule has 2 aromatic rings. The molecule has 0 spiro atoms. The average Bonchev–Trinajstić information content (AvgIpc) is 2.78. The van der Waals surface area contributed by atoms with Crippen molar-refractivity contribution in [3.63, 3.8) is 0 Å². The summed E-state index contributed by atoms with van der Waals surface area (Å²) in [5, 5.41) is 9.43. The first-order valence-corrected chi connectivity index (χ1v) is 7.42. The summed E-state index contributed by atoms with van der Waals surface area (Å²) < 4.78 is 38.1. The molecule has 0 aliphatic heterocycles. The number of aliphatic hydroxyl groups excluding tert-OH is 1. The third kappa shape index (κ3) is 3.96. The van der Waals surface area contributed by atoms with Crippen LogP contribution in [0.1, 0.15) is 11.8 Å². The van der Waals surface area contributed by atoms with Crippen LogP contribution in [0, 0.1) is 0 Å². The molecule has 0 aliphatic carbocycles. The molecule has 0 unspecified atom stereocenters. The Morgan fingerprint density at radius 2 is 2.10 bits per heavy atom. The molecule has 4 nitrogen and oxygen atoms in total. The van der Waals surface area contributed by atoms with Crippen LogP contribution in [0.4, 0.5) is 19.0 Å². The molecule has 1 N–H and O–H groups in total. The fourth-order valence-corrected chi connectivity index (χ4v) is 3.12. The lowest BCUT2D eigenvalue weighted by Crippen LogP contribution is -2.37. The molecule has 2 heterocycles. The SMILES string of the molecule is CCc1cc2c(N(CCO)CC(F)(F)F)nc(Cl)nc2s1. The zero-order valence-corrected chi connectivity index (χ0v) is 12.7. The number of hydrogen-bond donors (Lipinski definition) is 1. The number of anilines is 1. The largest absolute Gasteiger partial charge is 0.405 e. The van der Waals surface area contributed by atoms with E-state index < -0.39 is 19.3 Å². The Kier molecular flexibility index (Phi) is 4.90. The van der Waals surface area contributed by atoms with Gasteiger partial charge in [-0.15, -0.1) is 11.3 Å². The summed E-state index contributed by atoms with van der Waals surface area (Å²) in [5.74, 6) is 0.104. The summed E-state index contributed by atoms with van der Waals surface area (Å²) in [7, 11) is 0. The zero-order valence-electron chi connectivity index (χ0n) is 11.1. The topological polar surface area (TPSA) is 49.2 Å². The summed E-state index contributed by atoms with van der Waals surface area (Å²) in [6, 6.07) is 1.77. The number of thiophene rings is 1. The second-order valence-electron chi connectivity index (χ2n) is 4.36. The van der Waals surface area contributed by atoms with Gasteiger partial charge >= 0.3 is 6.18 Å². The van der Waals surface area contributed by atoms with E-state index in [0.29, 0.717) is 10.2 Å². The van der Waals surface area contributed by atoms with Crippen LogP contribution in [0.5, 0.6) is 0 Å². The maximum absolute atomic E-state index is 12.7. The Balaban J connectivity index is 2.52. The number of nitrogens with zero attached hydrogens (tertiary/aromatic N) is 3. The Labute approximate surface area is 128 Å². The number of fused-ring (bicyclic) bond motifs is 1.